The van der Waals surface area contributed by atoms with E-state index in [0.29, 0.717) is 23.3 Å². The third kappa shape index (κ3) is 3.68. The lowest BCUT2D eigenvalue weighted by molar-refractivity contribution is 0.0252. The van der Waals surface area contributed by atoms with Gasteiger partial charge < -0.3 is 14.0 Å². The molecule has 1 saturated carbocycles. The first-order valence-electron chi connectivity index (χ1n) is 9.09. The number of hydrogen-bond acceptors (Lipinski definition) is 6. The molecule has 4 rings (SSSR count). The number of nitrogens with zero attached hydrogens (tertiary/aromatic N) is 3. The number of pyridine rings is 1. The molecule has 0 unspecified atom stereocenters. The summed E-state index contributed by atoms with van der Waals surface area (Å²) >= 11 is 0. The minimum absolute atomic E-state index is 0.180. The molecule has 0 spiro atoms. The average Bonchev–Trinajstić information content (AvgIpc) is 3.30. The van der Waals surface area contributed by atoms with Gasteiger partial charge in [-0.2, -0.15) is 4.98 Å². The average molecular weight is 343 g/mol. The lowest BCUT2D eigenvalue weighted by atomic mass is 9.97. The molecule has 0 bridgehead atoms. The molecule has 0 atom stereocenters. The van der Waals surface area contributed by atoms with Gasteiger partial charge in [-0.15, -0.1) is 0 Å². The summed E-state index contributed by atoms with van der Waals surface area (Å²) < 4.78 is 17.2. The van der Waals surface area contributed by atoms with E-state index in [4.69, 9.17) is 14.0 Å². The normalized spacial score (nSPS) is 19.2. The zero-order chi connectivity index (χ0) is 17.4. The molecular formula is C19H25N3O3. The Balaban J connectivity index is 1.62. The largest absolute Gasteiger partial charge is 0.490 e. The van der Waals surface area contributed by atoms with Gasteiger partial charge >= 0.3 is 0 Å². The summed E-state index contributed by atoms with van der Waals surface area (Å²) in [5.41, 5.74) is 1.72. The maximum Gasteiger partial charge on any atom is 0.232 e. The Morgan fingerprint density at radius 2 is 1.88 bits per heavy atom. The van der Waals surface area contributed by atoms with Gasteiger partial charge in [0.25, 0.3) is 0 Å². The Hall–Kier alpha value is -1.95. The number of aromatic nitrogens is 3. The first-order valence-corrected chi connectivity index (χ1v) is 9.09. The van der Waals surface area contributed by atoms with Gasteiger partial charge in [0, 0.05) is 36.1 Å². The van der Waals surface area contributed by atoms with E-state index in [1.807, 2.05) is 33.0 Å². The van der Waals surface area contributed by atoms with Crippen LogP contribution < -0.4 is 4.74 Å². The second kappa shape index (κ2) is 6.41. The van der Waals surface area contributed by atoms with E-state index in [1.165, 1.54) is 18.4 Å². The zero-order valence-corrected chi connectivity index (χ0v) is 15.1. The lowest BCUT2D eigenvalue weighted by Crippen LogP contribution is -2.26. The van der Waals surface area contributed by atoms with Gasteiger partial charge in [-0.05, 0) is 18.8 Å². The molecule has 2 aliphatic rings. The first-order chi connectivity index (χ1) is 12.0. The molecule has 3 heterocycles. The van der Waals surface area contributed by atoms with Gasteiger partial charge in [-0.25, -0.2) is 0 Å². The highest BCUT2D eigenvalue weighted by Crippen LogP contribution is 2.45. The smallest absolute Gasteiger partial charge is 0.232 e. The Morgan fingerprint density at radius 3 is 2.52 bits per heavy atom. The van der Waals surface area contributed by atoms with E-state index in [1.54, 1.807) is 0 Å². The van der Waals surface area contributed by atoms with Crippen LogP contribution in [0, 0.1) is 0 Å². The van der Waals surface area contributed by atoms with Crippen LogP contribution in [-0.4, -0.2) is 34.4 Å². The molecule has 0 amide bonds. The SMILES string of the molecule is CC(C)(C)c1nc(-c2cc(OC3CCOCC3)c(C3CC3)cn2)no1. The molecule has 1 saturated heterocycles. The first kappa shape index (κ1) is 16.5. The van der Waals surface area contributed by atoms with Gasteiger partial charge in [0.2, 0.25) is 11.7 Å². The maximum absolute atomic E-state index is 6.32. The zero-order valence-electron chi connectivity index (χ0n) is 15.1. The van der Waals surface area contributed by atoms with Crippen molar-refractivity contribution in [2.24, 2.45) is 0 Å². The third-order valence-corrected chi connectivity index (χ3v) is 4.67. The Kier molecular flexibility index (Phi) is 4.23. The van der Waals surface area contributed by atoms with Crippen LogP contribution in [0.2, 0.25) is 0 Å². The fraction of sp³-hybridized carbons (Fsp3) is 0.632. The lowest BCUT2D eigenvalue weighted by Gasteiger charge is -2.24. The van der Waals surface area contributed by atoms with E-state index in [9.17, 15) is 0 Å². The van der Waals surface area contributed by atoms with E-state index < -0.39 is 0 Å². The van der Waals surface area contributed by atoms with Crippen LogP contribution in [-0.2, 0) is 10.2 Å². The minimum Gasteiger partial charge on any atom is -0.490 e. The second-order valence-electron chi connectivity index (χ2n) is 7.98. The molecule has 134 valence electrons. The predicted molar refractivity (Wildman–Crippen MR) is 92.7 cm³/mol. The van der Waals surface area contributed by atoms with Crippen molar-refractivity contribution in [3.8, 4) is 17.3 Å². The molecule has 6 heteroatoms. The molecule has 2 aromatic rings. The summed E-state index contributed by atoms with van der Waals surface area (Å²) in [6.07, 6.45) is 6.41. The number of ether oxygens (including phenoxy) is 2. The van der Waals surface area contributed by atoms with Crippen molar-refractivity contribution in [1.82, 2.24) is 15.1 Å². The highest BCUT2D eigenvalue weighted by atomic mass is 16.5. The molecule has 1 aliphatic carbocycles. The van der Waals surface area contributed by atoms with Crippen molar-refractivity contribution in [3.63, 3.8) is 0 Å². The van der Waals surface area contributed by atoms with E-state index in [0.717, 1.165) is 31.8 Å². The summed E-state index contributed by atoms with van der Waals surface area (Å²) in [4.78, 5) is 9.08. The monoisotopic (exact) mass is 343 g/mol. The quantitative estimate of drug-likeness (QED) is 0.839. The molecule has 0 N–H and O–H groups in total. The van der Waals surface area contributed by atoms with Crippen LogP contribution >= 0.6 is 0 Å². The van der Waals surface area contributed by atoms with E-state index >= 15 is 0 Å². The Bertz CT molecular complexity index is 741. The summed E-state index contributed by atoms with van der Waals surface area (Å²) in [5, 5.41) is 4.11. The molecule has 0 radical (unpaired) electrons. The molecule has 25 heavy (non-hydrogen) atoms. The fourth-order valence-electron chi connectivity index (χ4n) is 2.98. The van der Waals surface area contributed by atoms with Crippen molar-refractivity contribution < 1.29 is 14.0 Å². The second-order valence-corrected chi connectivity index (χ2v) is 7.98. The molecule has 2 fully saturated rings. The van der Waals surface area contributed by atoms with Gasteiger partial charge in [0.15, 0.2) is 0 Å². The maximum atomic E-state index is 6.32. The Labute approximate surface area is 147 Å². The summed E-state index contributed by atoms with van der Waals surface area (Å²) in [5.74, 6) is 2.62. The molecule has 2 aromatic heterocycles. The number of hydrogen-bond donors (Lipinski definition) is 0. The molecule has 0 aromatic carbocycles. The summed E-state index contributed by atoms with van der Waals surface area (Å²) in [6, 6.07) is 1.97. The highest BCUT2D eigenvalue weighted by molar-refractivity contribution is 5.54. The van der Waals surface area contributed by atoms with Crippen LogP contribution in [0.15, 0.2) is 16.8 Å². The molecular weight excluding hydrogens is 318 g/mol. The van der Waals surface area contributed by atoms with Crippen LogP contribution in [0.3, 0.4) is 0 Å². The standard InChI is InChI=1S/C19H25N3O3/c1-19(2,3)18-21-17(22-25-18)15-10-16(14(11-20-15)12-4-5-12)24-13-6-8-23-9-7-13/h10-13H,4-9H2,1-3H3. The Morgan fingerprint density at radius 1 is 1.12 bits per heavy atom. The van der Waals surface area contributed by atoms with Crippen LogP contribution in [0.5, 0.6) is 5.75 Å². The summed E-state index contributed by atoms with van der Waals surface area (Å²) in [6.45, 7) is 7.68. The van der Waals surface area contributed by atoms with Crippen molar-refractivity contribution in [3.05, 3.63) is 23.7 Å². The van der Waals surface area contributed by atoms with Crippen molar-refractivity contribution in [2.75, 3.05) is 13.2 Å². The van der Waals surface area contributed by atoms with Crippen molar-refractivity contribution >= 4 is 0 Å². The predicted octanol–water partition coefficient (Wildman–Crippen LogP) is 3.86. The third-order valence-electron chi connectivity index (χ3n) is 4.67. The van der Waals surface area contributed by atoms with Gasteiger partial charge in [-0.3, -0.25) is 4.98 Å². The van der Waals surface area contributed by atoms with Crippen molar-refractivity contribution in [2.45, 2.75) is 63.9 Å². The van der Waals surface area contributed by atoms with Crippen LogP contribution in [0.25, 0.3) is 11.5 Å². The van der Waals surface area contributed by atoms with Crippen LogP contribution in [0.4, 0.5) is 0 Å². The van der Waals surface area contributed by atoms with Gasteiger partial charge in [0.1, 0.15) is 17.5 Å². The van der Waals surface area contributed by atoms with Gasteiger partial charge in [0.05, 0.1) is 13.2 Å². The van der Waals surface area contributed by atoms with Crippen LogP contribution in [0.1, 0.15) is 63.8 Å². The topological polar surface area (TPSA) is 70.3 Å². The summed E-state index contributed by atoms with van der Waals surface area (Å²) in [7, 11) is 0. The van der Waals surface area contributed by atoms with Crippen molar-refractivity contribution in [1.29, 1.82) is 0 Å². The molecule has 6 nitrogen and oxygen atoms in total. The highest BCUT2D eigenvalue weighted by Gasteiger charge is 2.30. The molecule has 1 aliphatic heterocycles. The van der Waals surface area contributed by atoms with E-state index in [-0.39, 0.29) is 11.5 Å². The minimum atomic E-state index is -0.180. The van der Waals surface area contributed by atoms with E-state index in [2.05, 4.69) is 15.1 Å². The van der Waals surface area contributed by atoms with Gasteiger partial charge in [-0.1, -0.05) is 25.9 Å². The fourth-order valence-corrected chi connectivity index (χ4v) is 2.98. The number of rotatable bonds is 4.